The van der Waals surface area contributed by atoms with Crippen molar-refractivity contribution in [2.24, 2.45) is 0 Å². The smallest absolute Gasteiger partial charge is 0.315 e. The van der Waals surface area contributed by atoms with E-state index >= 15 is 0 Å². The SMILES string of the molecule is O=C(O)CCNC(=O)NC1CCC(O)(c2ccccc2)CC1. The zero-order valence-corrected chi connectivity index (χ0v) is 12.4. The average Bonchev–Trinajstić information content (AvgIpc) is 2.50. The topological polar surface area (TPSA) is 98.7 Å². The highest BCUT2D eigenvalue weighted by Gasteiger charge is 2.34. The van der Waals surface area contributed by atoms with Gasteiger partial charge in [0.25, 0.3) is 0 Å². The maximum atomic E-state index is 11.6. The largest absolute Gasteiger partial charge is 0.481 e. The van der Waals surface area contributed by atoms with E-state index in [1.54, 1.807) is 0 Å². The Bertz CT molecular complexity index is 510. The summed E-state index contributed by atoms with van der Waals surface area (Å²) in [7, 11) is 0. The minimum atomic E-state index is -0.939. The van der Waals surface area contributed by atoms with E-state index in [1.165, 1.54) is 0 Å². The molecule has 1 aliphatic rings. The maximum absolute atomic E-state index is 11.6. The van der Waals surface area contributed by atoms with Gasteiger partial charge < -0.3 is 20.8 Å². The number of rotatable bonds is 5. The molecule has 1 saturated carbocycles. The van der Waals surface area contributed by atoms with Gasteiger partial charge in [0.1, 0.15) is 0 Å². The van der Waals surface area contributed by atoms with Crippen molar-refractivity contribution in [1.82, 2.24) is 10.6 Å². The van der Waals surface area contributed by atoms with E-state index in [0.717, 1.165) is 5.56 Å². The molecule has 1 aliphatic carbocycles. The number of benzene rings is 1. The van der Waals surface area contributed by atoms with Crippen molar-refractivity contribution in [2.45, 2.75) is 43.7 Å². The maximum Gasteiger partial charge on any atom is 0.315 e. The second-order valence-electron chi connectivity index (χ2n) is 5.72. The molecule has 0 aliphatic heterocycles. The second-order valence-corrected chi connectivity index (χ2v) is 5.72. The molecule has 0 aromatic heterocycles. The van der Waals surface area contributed by atoms with E-state index in [4.69, 9.17) is 5.11 Å². The number of hydrogen-bond acceptors (Lipinski definition) is 3. The fraction of sp³-hybridized carbons (Fsp3) is 0.500. The molecule has 0 spiro atoms. The summed E-state index contributed by atoms with van der Waals surface area (Å²) in [5, 5.41) is 24.6. The third-order valence-corrected chi connectivity index (χ3v) is 4.08. The van der Waals surface area contributed by atoms with Crippen molar-refractivity contribution in [2.75, 3.05) is 6.54 Å². The lowest BCUT2D eigenvalue weighted by Gasteiger charge is -2.36. The molecular weight excluding hydrogens is 284 g/mol. The minimum Gasteiger partial charge on any atom is -0.481 e. The summed E-state index contributed by atoms with van der Waals surface area (Å²) >= 11 is 0. The van der Waals surface area contributed by atoms with Gasteiger partial charge in [-0.15, -0.1) is 0 Å². The first-order chi connectivity index (χ1) is 10.5. The Balaban J connectivity index is 1.77. The summed E-state index contributed by atoms with van der Waals surface area (Å²) in [4.78, 5) is 22.0. The minimum absolute atomic E-state index is 0.00816. The molecule has 4 N–H and O–H groups in total. The van der Waals surface area contributed by atoms with Crippen molar-refractivity contribution in [1.29, 1.82) is 0 Å². The Hall–Kier alpha value is -2.08. The molecule has 6 nitrogen and oxygen atoms in total. The van der Waals surface area contributed by atoms with E-state index in [2.05, 4.69) is 10.6 Å². The van der Waals surface area contributed by atoms with Gasteiger partial charge in [0, 0.05) is 12.6 Å². The molecule has 1 aromatic rings. The lowest BCUT2D eigenvalue weighted by atomic mass is 9.78. The second kappa shape index (κ2) is 7.26. The number of carbonyl (C=O) groups excluding carboxylic acids is 1. The average molecular weight is 306 g/mol. The zero-order valence-electron chi connectivity index (χ0n) is 12.4. The van der Waals surface area contributed by atoms with E-state index < -0.39 is 11.6 Å². The highest BCUT2D eigenvalue weighted by atomic mass is 16.4. The van der Waals surface area contributed by atoms with Crippen molar-refractivity contribution < 1.29 is 19.8 Å². The molecule has 6 heteroatoms. The summed E-state index contributed by atoms with van der Waals surface area (Å²) in [6.07, 6.45) is 2.48. The first-order valence-corrected chi connectivity index (χ1v) is 7.54. The Labute approximate surface area is 129 Å². The summed E-state index contributed by atoms with van der Waals surface area (Å²) in [5.74, 6) is -0.939. The number of carboxylic acid groups (broad SMARTS) is 1. The van der Waals surface area contributed by atoms with Crippen LogP contribution in [0.2, 0.25) is 0 Å². The monoisotopic (exact) mass is 306 g/mol. The summed E-state index contributed by atoms with van der Waals surface area (Å²) < 4.78 is 0. The molecule has 1 fully saturated rings. The van der Waals surface area contributed by atoms with Gasteiger partial charge in [0.2, 0.25) is 0 Å². The fourth-order valence-electron chi connectivity index (χ4n) is 2.80. The van der Waals surface area contributed by atoms with Gasteiger partial charge in [0.05, 0.1) is 12.0 Å². The normalized spacial score (nSPS) is 24.5. The van der Waals surface area contributed by atoms with E-state index in [9.17, 15) is 14.7 Å². The van der Waals surface area contributed by atoms with Crippen LogP contribution >= 0.6 is 0 Å². The Kier molecular flexibility index (Phi) is 5.38. The van der Waals surface area contributed by atoms with Crippen molar-refractivity contribution in [3.8, 4) is 0 Å². The number of nitrogens with one attached hydrogen (secondary N) is 2. The lowest BCUT2D eigenvalue weighted by Crippen LogP contribution is -2.46. The number of carboxylic acids is 1. The predicted molar refractivity (Wildman–Crippen MR) is 81.4 cm³/mol. The highest BCUT2D eigenvalue weighted by Crippen LogP contribution is 2.36. The van der Waals surface area contributed by atoms with E-state index in [0.29, 0.717) is 25.7 Å². The van der Waals surface area contributed by atoms with Crippen LogP contribution in [0.15, 0.2) is 30.3 Å². The van der Waals surface area contributed by atoms with E-state index in [-0.39, 0.29) is 25.0 Å². The predicted octanol–water partition coefficient (Wildman–Crippen LogP) is 1.59. The van der Waals surface area contributed by atoms with Gasteiger partial charge in [-0.3, -0.25) is 4.79 Å². The highest BCUT2D eigenvalue weighted by molar-refractivity contribution is 5.75. The van der Waals surface area contributed by atoms with Gasteiger partial charge in [-0.2, -0.15) is 0 Å². The molecule has 120 valence electrons. The first kappa shape index (κ1) is 16.3. The van der Waals surface area contributed by atoms with Crippen LogP contribution in [-0.4, -0.2) is 34.8 Å². The van der Waals surface area contributed by atoms with Crippen LogP contribution < -0.4 is 10.6 Å². The number of aliphatic hydroxyl groups is 1. The zero-order chi connectivity index (χ0) is 16.0. The standard InChI is InChI=1S/C16H22N2O4/c19-14(20)8-11-17-15(21)18-13-6-9-16(22,10-7-13)12-4-2-1-3-5-12/h1-5,13,22H,6-11H2,(H,19,20)(H2,17,18,21). The van der Waals surface area contributed by atoms with Gasteiger partial charge in [-0.05, 0) is 31.2 Å². The molecule has 0 unspecified atom stereocenters. The fourth-order valence-corrected chi connectivity index (χ4v) is 2.80. The van der Waals surface area contributed by atoms with Gasteiger partial charge >= 0.3 is 12.0 Å². The van der Waals surface area contributed by atoms with Crippen LogP contribution in [0.4, 0.5) is 4.79 Å². The summed E-state index contributed by atoms with van der Waals surface area (Å²) in [5.41, 5.74) is 0.0959. The number of urea groups is 1. The van der Waals surface area contributed by atoms with Gasteiger partial charge in [0.15, 0.2) is 0 Å². The number of aliphatic carboxylic acids is 1. The molecule has 0 heterocycles. The van der Waals surface area contributed by atoms with Crippen molar-refractivity contribution in [3.63, 3.8) is 0 Å². The Morgan fingerprint density at radius 1 is 1.18 bits per heavy atom. The summed E-state index contributed by atoms with van der Waals surface area (Å²) in [6, 6.07) is 9.24. The van der Waals surface area contributed by atoms with Crippen LogP contribution in [0.5, 0.6) is 0 Å². The Morgan fingerprint density at radius 2 is 1.82 bits per heavy atom. The van der Waals surface area contributed by atoms with Crippen LogP contribution in [0.1, 0.15) is 37.7 Å². The first-order valence-electron chi connectivity index (χ1n) is 7.54. The van der Waals surface area contributed by atoms with Crippen molar-refractivity contribution in [3.05, 3.63) is 35.9 Å². The van der Waals surface area contributed by atoms with Gasteiger partial charge in [-0.1, -0.05) is 30.3 Å². The number of carbonyl (C=O) groups is 2. The summed E-state index contributed by atoms with van der Waals surface area (Å²) in [6.45, 7) is 0.113. The molecule has 2 amide bonds. The molecule has 2 rings (SSSR count). The number of amides is 2. The van der Waals surface area contributed by atoms with Crippen LogP contribution in [0, 0.1) is 0 Å². The van der Waals surface area contributed by atoms with Crippen molar-refractivity contribution >= 4 is 12.0 Å². The molecule has 0 radical (unpaired) electrons. The number of hydrogen-bond donors (Lipinski definition) is 4. The molecule has 0 bridgehead atoms. The third kappa shape index (κ3) is 4.46. The molecule has 0 saturated heterocycles. The molecular formula is C16H22N2O4. The Morgan fingerprint density at radius 3 is 2.41 bits per heavy atom. The van der Waals surface area contributed by atoms with Crippen LogP contribution in [0.25, 0.3) is 0 Å². The van der Waals surface area contributed by atoms with E-state index in [1.807, 2.05) is 30.3 Å². The lowest BCUT2D eigenvalue weighted by molar-refractivity contribution is -0.136. The molecule has 1 aromatic carbocycles. The third-order valence-electron chi connectivity index (χ3n) is 4.08. The van der Waals surface area contributed by atoms with Gasteiger partial charge in [-0.25, -0.2) is 4.79 Å². The van der Waals surface area contributed by atoms with Crippen LogP contribution in [-0.2, 0) is 10.4 Å². The van der Waals surface area contributed by atoms with Crippen LogP contribution in [0.3, 0.4) is 0 Å². The molecule has 22 heavy (non-hydrogen) atoms. The quantitative estimate of drug-likeness (QED) is 0.664. The molecule has 0 atom stereocenters.